The number of nitrogens with one attached hydrogen (secondary N) is 2. The number of hydrogen-bond donors (Lipinski definition) is 2. The molecule has 1 heterocycles. The van der Waals surface area contributed by atoms with Gasteiger partial charge in [-0.15, -0.1) is 0 Å². The van der Waals surface area contributed by atoms with Gasteiger partial charge in [-0.05, 0) is 31.3 Å². The van der Waals surface area contributed by atoms with Gasteiger partial charge in [0.05, 0.1) is 19.8 Å². The molecule has 0 radical (unpaired) electrons. The van der Waals surface area contributed by atoms with Crippen molar-refractivity contribution in [3.63, 3.8) is 0 Å². The van der Waals surface area contributed by atoms with E-state index < -0.39 is 0 Å². The van der Waals surface area contributed by atoms with Crippen molar-refractivity contribution in [1.29, 1.82) is 0 Å². The average Bonchev–Trinajstić information content (AvgIpc) is 2.52. The van der Waals surface area contributed by atoms with E-state index in [9.17, 15) is 0 Å². The van der Waals surface area contributed by atoms with Crippen LogP contribution in [0.1, 0.15) is 27.2 Å². The van der Waals surface area contributed by atoms with E-state index in [0.717, 1.165) is 51.9 Å². The second-order valence-corrected chi connectivity index (χ2v) is 6.94. The second kappa shape index (κ2) is 12.0. The molecule has 1 fully saturated rings. The van der Waals surface area contributed by atoms with Crippen LogP contribution in [0.15, 0.2) is 4.99 Å². The maximum Gasteiger partial charge on any atom is 0.191 e. The molecule has 0 amide bonds. The Morgan fingerprint density at radius 1 is 1.27 bits per heavy atom. The smallest absolute Gasteiger partial charge is 0.191 e. The van der Waals surface area contributed by atoms with Gasteiger partial charge in [0.2, 0.25) is 0 Å². The summed E-state index contributed by atoms with van der Waals surface area (Å²) in [6.07, 6.45) is 3.32. The first kappa shape index (κ1) is 19.6. The molecule has 0 saturated carbocycles. The van der Waals surface area contributed by atoms with Gasteiger partial charge in [-0.2, -0.15) is 11.8 Å². The molecule has 0 aliphatic carbocycles. The molecule has 0 spiro atoms. The van der Waals surface area contributed by atoms with E-state index in [1.54, 1.807) is 0 Å². The summed E-state index contributed by atoms with van der Waals surface area (Å²) in [7, 11) is 0. The molecule has 0 bridgehead atoms. The number of morpholine rings is 1. The lowest BCUT2D eigenvalue weighted by Gasteiger charge is -2.36. The number of thioether (sulfide) groups is 1. The Morgan fingerprint density at radius 3 is 2.59 bits per heavy atom. The summed E-state index contributed by atoms with van der Waals surface area (Å²) in [5, 5.41) is 6.78. The number of guanidine groups is 1. The molecule has 5 nitrogen and oxygen atoms in total. The van der Waals surface area contributed by atoms with E-state index in [1.807, 2.05) is 11.8 Å². The van der Waals surface area contributed by atoms with E-state index >= 15 is 0 Å². The predicted octanol–water partition coefficient (Wildman–Crippen LogP) is 1.65. The summed E-state index contributed by atoms with van der Waals surface area (Å²) >= 11 is 1.89. The summed E-state index contributed by atoms with van der Waals surface area (Å²) in [4.78, 5) is 7.34. The Balaban J connectivity index is 2.51. The molecular formula is C16H34N4OS. The lowest BCUT2D eigenvalue weighted by atomic mass is 10.0. The van der Waals surface area contributed by atoms with E-state index in [4.69, 9.17) is 9.73 Å². The molecule has 0 aromatic carbocycles. The summed E-state index contributed by atoms with van der Waals surface area (Å²) in [5.41, 5.74) is 0. The van der Waals surface area contributed by atoms with Crippen LogP contribution in [0.2, 0.25) is 0 Å². The van der Waals surface area contributed by atoms with Crippen LogP contribution in [0.4, 0.5) is 0 Å². The van der Waals surface area contributed by atoms with Crippen LogP contribution < -0.4 is 10.6 Å². The summed E-state index contributed by atoms with van der Waals surface area (Å²) < 4.78 is 5.47. The molecule has 1 aliphatic rings. The summed E-state index contributed by atoms with van der Waals surface area (Å²) in [6.45, 7) is 13.2. The summed E-state index contributed by atoms with van der Waals surface area (Å²) in [6, 6.07) is 0.491. The lowest BCUT2D eigenvalue weighted by molar-refractivity contribution is 0.00867. The highest BCUT2D eigenvalue weighted by Gasteiger charge is 2.23. The maximum atomic E-state index is 5.47. The van der Waals surface area contributed by atoms with Gasteiger partial charge in [0.1, 0.15) is 0 Å². The van der Waals surface area contributed by atoms with Crippen LogP contribution in [0, 0.1) is 5.92 Å². The van der Waals surface area contributed by atoms with Crippen molar-refractivity contribution >= 4 is 17.7 Å². The first-order chi connectivity index (χ1) is 10.7. The number of rotatable bonds is 9. The Hall–Kier alpha value is -0.460. The SMILES string of the molecule is CCNC(=NCC(C(C)C)N1CCOCC1)NCCCSC. The van der Waals surface area contributed by atoms with Crippen molar-refractivity contribution in [2.45, 2.75) is 33.2 Å². The highest BCUT2D eigenvalue weighted by molar-refractivity contribution is 7.98. The fourth-order valence-corrected chi connectivity index (χ4v) is 3.04. The first-order valence-corrected chi connectivity index (χ1v) is 9.91. The zero-order valence-corrected chi connectivity index (χ0v) is 15.5. The number of aliphatic imine (C=N–C) groups is 1. The minimum atomic E-state index is 0.491. The second-order valence-electron chi connectivity index (χ2n) is 5.95. The molecule has 1 atom stereocenters. The molecule has 1 unspecified atom stereocenters. The highest BCUT2D eigenvalue weighted by atomic mass is 32.2. The fourth-order valence-electron chi connectivity index (χ4n) is 2.61. The summed E-state index contributed by atoms with van der Waals surface area (Å²) in [5.74, 6) is 2.73. The van der Waals surface area contributed by atoms with Crippen LogP contribution in [0.25, 0.3) is 0 Å². The Bertz CT molecular complexity index is 307. The zero-order valence-electron chi connectivity index (χ0n) is 14.7. The highest BCUT2D eigenvalue weighted by Crippen LogP contribution is 2.13. The minimum Gasteiger partial charge on any atom is -0.379 e. The largest absolute Gasteiger partial charge is 0.379 e. The van der Waals surface area contributed by atoms with Gasteiger partial charge in [0, 0.05) is 32.2 Å². The molecule has 1 rings (SSSR count). The standard InChI is InChI=1S/C16H34N4OS/c1-5-17-16(18-7-6-12-22-4)19-13-15(14(2)3)20-8-10-21-11-9-20/h14-15H,5-13H2,1-4H3,(H2,17,18,19). The molecule has 6 heteroatoms. The van der Waals surface area contributed by atoms with Crippen LogP contribution in [-0.2, 0) is 4.74 Å². The van der Waals surface area contributed by atoms with Crippen molar-refractivity contribution in [1.82, 2.24) is 15.5 Å². The lowest BCUT2D eigenvalue weighted by Crippen LogP contribution is -2.48. The molecule has 22 heavy (non-hydrogen) atoms. The van der Waals surface area contributed by atoms with Gasteiger partial charge in [-0.1, -0.05) is 13.8 Å². The molecule has 130 valence electrons. The fraction of sp³-hybridized carbons (Fsp3) is 0.938. The van der Waals surface area contributed by atoms with Crippen molar-refractivity contribution in [3.8, 4) is 0 Å². The average molecular weight is 331 g/mol. The normalized spacial score (nSPS) is 18.5. The van der Waals surface area contributed by atoms with Crippen molar-refractivity contribution in [3.05, 3.63) is 0 Å². The minimum absolute atomic E-state index is 0.491. The molecular weight excluding hydrogens is 296 g/mol. The Labute approximate surface area is 140 Å². The third-order valence-electron chi connectivity index (χ3n) is 3.88. The van der Waals surface area contributed by atoms with E-state index in [-0.39, 0.29) is 0 Å². The van der Waals surface area contributed by atoms with Gasteiger partial charge in [0.25, 0.3) is 0 Å². The predicted molar refractivity (Wildman–Crippen MR) is 98.0 cm³/mol. The van der Waals surface area contributed by atoms with Gasteiger partial charge >= 0.3 is 0 Å². The van der Waals surface area contributed by atoms with Crippen LogP contribution in [0.5, 0.6) is 0 Å². The molecule has 1 aliphatic heterocycles. The van der Waals surface area contributed by atoms with E-state index in [1.165, 1.54) is 12.2 Å². The van der Waals surface area contributed by atoms with Gasteiger partial charge in [-0.3, -0.25) is 9.89 Å². The van der Waals surface area contributed by atoms with Crippen molar-refractivity contribution in [2.75, 3.05) is 57.9 Å². The monoisotopic (exact) mass is 330 g/mol. The maximum absolute atomic E-state index is 5.47. The van der Waals surface area contributed by atoms with Crippen LogP contribution in [0.3, 0.4) is 0 Å². The Morgan fingerprint density at radius 2 is 2.00 bits per heavy atom. The quantitative estimate of drug-likeness (QED) is 0.382. The number of ether oxygens (including phenoxy) is 1. The van der Waals surface area contributed by atoms with Crippen molar-refractivity contribution < 1.29 is 4.74 Å². The molecule has 1 saturated heterocycles. The number of hydrogen-bond acceptors (Lipinski definition) is 4. The van der Waals surface area contributed by atoms with Crippen LogP contribution in [-0.4, -0.2) is 74.8 Å². The van der Waals surface area contributed by atoms with Crippen molar-refractivity contribution in [2.24, 2.45) is 10.9 Å². The van der Waals surface area contributed by atoms with Crippen LogP contribution >= 0.6 is 11.8 Å². The third kappa shape index (κ3) is 7.70. The van der Waals surface area contributed by atoms with Gasteiger partial charge in [-0.25, -0.2) is 0 Å². The van der Waals surface area contributed by atoms with E-state index in [2.05, 4.69) is 42.6 Å². The van der Waals surface area contributed by atoms with E-state index in [0.29, 0.717) is 12.0 Å². The van der Waals surface area contributed by atoms with Gasteiger partial charge < -0.3 is 15.4 Å². The topological polar surface area (TPSA) is 48.9 Å². The number of nitrogens with zero attached hydrogens (tertiary/aromatic N) is 2. The molecule has 2 N–H and O–H groups in total. The molecule has 0 aromatic rings. The third-order valence-corrected chi connectivity index (χ3v) is 4.58. The van der Waals surface area contributed by atoms with Gasteiger partial charge in [0.15, 0.2) is 5.96 Å². The molecule has 0 aromatic heterocycles. The zero-order chi connectivity index (χ0) is 16.2. The Kier molecular flexibility index (Phi) is 10.7. The first-order valence-electron chi connectivity index (χ1n) is 8.52.